The van der Waals surface area contributed by atoms with Crippen molar-refractivity contribution in [3.05, 3.63) is 48.8 Å². The van der Waals surface area contributed by atoms with Crippen molar-refractivity contribution in [3.8, 4) is 28.4 Å². The molecule has 1 aromatic carbocycles. The minimum Gasteiger partial charge on any atom is -0.497 e. The lowest BCUT2D eigenvalue weighted by molar-refractivity contribution is 0.231. The lowest BCUT2D eigenvalue weighted by Gasteiger charge is -2.36. The van der Waals surface area contributed by atoms with Crippen LogP contribution in [0.1, 0.15) is 13.8 Å². The van der Waals surface area contributed by atoms with Crippen molar-refractivity contribution in [1.82, 2.24) is 19.9 Å². The van der Waals surface area contributed by atoms with Gasteiger partial charge >= 0.3 is 0 Å². The van der Waals surface area contributed by atoms with Crippen LogP contribution in [-0.2, 0) is 0 Å². The molecule has 0 radical (unpaired) electrons. The SMILES string of the molecule is COc1cccc(-c2c[nH]c(-c3ccnc(N4CCN(CC(C)C)CC4)c3)n2)c1. The molecule has 0 atom stereocenters. The van der Waals surface area contributed by atoms with Gasteiger partial charge in [-0.2, -0.15) is 0 Å². The number of anilines is 1. The molecule has 0 unspecified atom stereocenters. The highest BCUT2D eigenvalue weighted by Gasteiger charge is 2.19. The van der Waals surface area contributed by atoms with E-state index in [4.69, 9.17) is 9.72 Å². The standard InChI is InChI=1S/C23H29N5O/c1-17(2)16-27-9-11-28(12-10-27)22-14-19(7-8-24-22)23-25-15-21(26-23)18-5-4-6-20(13-18)29-3/h4-8,13-15,17H,9-12,16H2,1-3H3,(H,25,26). The van der Waals surface area contributed by atoms with Crippen molar-refractivity contribution in [3.63, 3.8) is 0 Å². The summed E-state index contributed by atoms with van der Waals surface area (Å²) in [6.45, 7) is 9.92. The molecular formula is C23H29N5O. The number of piperazine rings is 1. The van der Waals surface area contributed by atoms with E-state index in [1.165, 1.54) is 6.54 Å². The Kier molecular flexibility index (Phi) is 5.81. The molecular weight excluding hydrogens is 362 g/mol. The van der Waals surface area contributed by atoms with Gasteiger partial charge in [-0.1, -0.05) is 26.0 Å². The van der Waals surface area contributed by atoms with Crippen molar-refractivity contribution in [1.29, 1.82) is 0 Å². The lowest BCUT2D eigenvalue weighted by Crippen LogP contribution is -2.47. The molecule has 6 heteroatoms. The fourth-order valence-electron chi connectivity index (χ4n) is 3.81. The number of nitrogens with one attached hydrogen (secondary N) is 1. The van der Waals surface area contributed by atoms with Gasteiger partial charge in [0.2, 0.25) is 0 Å². The topological polar surface area (TPSA) is 57.3 Å². The zero-order valence-electron chi connectivity index (χ0n) is 17.4. The summed E-state index contributed by atoms with van der Waals surface area (Å²) in [4.78, 5) is 17.6. The Morgan fingerprint density at radius 3 is 2.66 bits per heavy atom. The number of methoxy groups -OCH3 is 1. The van der Waals surface area contributed by atoms with Crippen molar-refractivity contribution in [2.75, 3.05) is 44.7 Å². The summed E-state index contributed by atoms with van der Waals surface area (Å²) in [7, 11) is 1.68. The molecule has 0 aliphatic carbocycles. The third-order valence-electron chi connectivity index (χ3n) is 5.28. The Labute approximate surface area is 172 Å². The van der Waals surface area contributed by atoms with Crippen LogP contribution in [0, 0.1) is 5.92 Å². The smallest absolute Gasteiger partial charge is 0.138 e. The minimum absolute atomic E-state index is 0.709. The molecule has 1 saturated heterocycles. The summed E-state index contributed by atoms with van der Waals surface area (Å²) < 4.78 is 5.32. The molecule has 0 saturated carbocycles. The number of aromatic nitrogens is 3. The molecule has 6 nitrogen and oxygen atoms in total. The largest absolute Gasteiger partial charge is 0.497 e. The number of hydrogen-bond donors (Lipinski definition) is 1. The van der Waals surface area contributed by atoms with E-state index in [9.17, 15) is 0 Å². The molecule has 152 valence electrons. The summed E-state index contributed by atoms with van der Waals surface area (Å²) >= 11 is 0. The molecule has 4 rings (SSSR count). The van der Waals surface area contributed by atoms with E-state index in [0.29, 0.717) is 5.92 Å². The highest BCUT2D eigenvalue weighted by Crippen LogP contribution is 2.26. The number of aromatic amines is 1. The first-order valence-corrected chi connectivity index (χ1v) is 10.3. The van der Waals surface area contributed by atoms with Crippen molar-refractivity contribution in [2.45, 2.75) is 13.8 Å². The highest BCUT2D eigenvalue weighted by molar-refractivity contribution is 5.67. The molecule has 3 heterocycles. The summed E-state index contributed by atoms with van der Waals surface area (Å²) in [5.41, 5.74) is 2.98. The number of nitrogens with zero attached hydrogens (tertiary/aromatic N) is 4. The number of H-pyrrole nitrogens is 1. The number of ether oxygens (including phenoxy) is 1. The number of pyridine rings is 1. The second kappa shape index (κ2) is 8.66. The molecule has 29 heavy (non-hydrogen) atoms. The second-order valence-electron chi connectivity index (χ2n) is 7.95. The van der Waals surface area contributed by atoms with Gasteiger partial charge in [0.1, 0.15) is 17.4 Å². The maximum atomic E-state index is 5.32. The van der Waals surface area contributed by atoms with Crippen molar-refractivity contribution in [2.24, 2.45) is 5.92 Å². The van der Waals surface area contributed by atoms with Crippen molar-refractivity contribution < 1.29 is 4.74 Å². The Bertz CT molecular complexity index is 944. The minimum atomic E-state index is 0.709. The van der Waals surface area contributed by atoms with E-state index in [2.05, 4.69) is 39.7 Å². The summed E-state index contributed by atoms with van der Waals surface area (Å²) in [5.74, 6) is 3.41. The number of hydrogen-bond acceptors (Lipinski definition) is 5. The Hall–Kier alpha value is -2.86. The first-order chi connectivity index (χ1) is 14.1. The van der Waals surface area contributed by atoms with Crippen LogP contribution < -0.4 is 9.64 Å². The Balaban J connectivity index is 1.49. The molecule has 0 amide bonds. The van der Waals surface area contributed by atoms with Crippen LogP contribution in [0.2, 0.25) is 0 Å². The van der Waals surface area contributed by atoms with E-state index in [0.717, 1.165) is 60.4 Å². The third-order valence-corrected chi connectivity index (χ3v) is 5.28. The summed E-state index contributed by atoms with van der Waals surface area (Å²) in [5, 5.41) is 0. The van der Waals surface area contributed by atoms with Gasteiger partial charge in [-0.3, -0.25) is 4.90 Å². The van der Waals surface area contributed by atoms with Crippen LogP contribution in [0.5, 0.6) is 5.75 Å². The van der Waals surface area contributed by atoms with Gasteiger partial charge < -0.3 is 14.6 Å². The van der Waals surface area contributed by atoms with Crippen molar-refractivity contribution >= 4 is 5.82 Å². The molecule has 2 aromatic heterocycles. The van der Waals surface area contributed by atoms with Gasteiger partial charge in [-0.15, -0.1) is 0 Å². The molecule has 1 aliphatic rings. The van der Waals surface area contributed by atoms with Crippen LogP contribution in [0.15, 0.2) is 48.8 Å². The van der Waals surface area contributed by atoms with Gasteiger partial charge in [0, 0.05) is 56.2 Å². The molecule has 0 spiro atoms. The van der Waals surface area contributed by atoms with Crippen LogP contribution >= 0.6 is 0 Å². The van der Waals surface area contributed by atoms with E-state index in [-0.39, 0.29) is 0 Å². The fourth-order valence-corrected chi connectivity index (χ4v) is 3.81. The van der Waals surface area contributed by atoms with E-state index < -0.39 is 0 Å². The average Bonchev–Trinajstić information content (AvgIpc) is 3.24. The van der Waals surface area contributed by atoms with Crippen LogP contribution in [-0.4, -0.2) is 59.7 Å². The highest BCUT2D eigenvalue weighted by atomic mass is 16.5. The summed E-state index contributed by atoms with van der Waals surface area (Å²) in [6, 6.07) is 12.1. The average molecular weight is 392 g/mol. The fraction of sp³-hybridized carbons (Fsp3) is 0.391. The maximum Gasteiger partial charge on any atom is 0.138 e. The molecule has 1 fully saturated rings. The lowest BCUT2D eigenvalue weighted by atomic mass is 10.1. The van der Waals surface area contributed by atoms with E-state index in [1.807, 2.05) is 42.7 Å². The number of imidazole rings is 1. The number of rotatable bonds is 6. The van der Waals surface area contributed by atoms with Gasteiger partial charge in [0.25, 0.3) is 0 Å². The zero-order chi connectivity index (χ0) is 20.2. The Morgan fingerprint density at radius 2 is 1.90 bits per heavy atom. The van der Waals surface area contributed by atoms with Crippen LogP contribution in [0.4, 0.5) is 5.82 Å². The van der Waals surface area contributed by atoms with Gasteiger partial charge in [0.15, 0.2) is 0 Å². The predicted octanol–water partition coefficient (Wildman–Crippen LogP) is 3.93. The second-order valence-corrected chi connectivity index (χ2v) is 7.95. The first kappa shape index (κ1) is 19.5. The Morgan fingerprint density at radius 1 is 1.07 bits per heavy atom. The third kappa shape index (κ3) is 4.59. The molecule has 1 aliphatic heterocycles. The van der Waals surface area contributed by atoms with Gasteiger partial charge in [-0.25, -0.2) is 9.97 Å². The molecule has 0 bridgehead atoms. The van der Waals surface area contributed by atoms with Crippen LogP contribution in [0.25, 0.3) is 22.6 Å². The van der Waals surface area contributed by atoms with E-state index >= 15 is 0 Å². The quantitative estimate of drug-likeness (QED) is 0.690. The van der Waals surface area contributed by atoms with Crippen LogP contribution in [0.3, 0.4) is 0 Å². The summed E-state index contributed by atoms with van der Waals surface area (Å²) in [6.07, 6.45) is 3.81. The zero-order valence-corrected chi connectivity index (χ0v) is 17.4. The van der Waals surface area contributed by atoms with E-state index in [1.54, 1.807) is 7.11 Å². The van der Waals surface area contributed by atoms with Gasteiger partial charge in [-0.05, 0) is 30.2 Å². The number of benzene rings is 1. The van der Waals surface area contributed by atoms with Gasteiger partial charge in [0.05, 0.1) is 12.8 Å². The normalized spacial score (nSPS) is 15.1. The first-order valence-electron chi connectivity index (χ1n) is 10.3. The predicted molar refractivity (Wildman–Crippen MR) is 117 cm³/mol. The molecule has 1 N–H and O–H groups in total. The maximum absolute atomic E-state index is 5.32. The monoisotopic (exact) mass is 391 g/mol. The molecule has 3 aromatic rings.